The third-order valence-electron chi connectivity index (χ3n) is 4.08. The van der Waals surface area contributed by atoms with Gasteiger partial charge in [-0.15, -0.1) is 11.3 Å². The zero-order valence-electron chi connectivity index (χ0n) is 13.3. The highest BCUT2D eigenvalue weighted by atomic mass is 35.5. The van der Waals surface area contributed by atoms with Gasteiger partial charge in [-0.25, -0.2) is 0 Å². The van der Waals surface area contributed by atoms with Gasteiger partial charge >= 0.3 is 0 Å². The molecule has 4 rings (SSSR count). The number of fused-ring (bicyclic) bond motifs is 3. The zero-order chi connectivity index (χ0) is 18.4. The molecular weight excluding hydrogens is 390 g/mol. The van der Waals surface area contributed by atoms with E-state index in [0.29, 0.717) is 25.5 Å². The molecule has 0 bridgehead atoms. The molecule has 0 saturated heterocycles. The summed E-state index contributed by atoms with van der Waals surface area (Å²) in [6, 6.07) is 14.4. The predicted octanol–water partition coefficient (Wildman–Crippen LogP) is 3.85. The lowest BCUT2D eigenvalue weighted by molar-refractivity contribution is -0.118. The van der Waals surface area contributed by atoms with Crippen molar-refractivity contribution in [1.82, 2.24) is 8.97 Å². The number of halogens is 1. The molecule has 2 heterocycles. The number of hydrogen-bond acceptors (Lipinski definition) is 4. The highest BCUT2D eigenvalue weighted by Gasteiger charge is 2.19. The van der Waals surface area contributed by atoms with E-state index in [0.717, 1.165) is 10.4 Å². The number of carbonyl (C=O) groups excluding carboxylic acids is 1. The van der Waals surface area contributed by atoms with Crippen LogP contribution in [0.15, 0.2) is 53.3 Å². The number of para-hydroxylation sites is 1. The van der Waals surface area contributed by atoms with Crippen molar-refractivity contribution in [2.45, 2.75) is 6.54 Å². The first kappa shape index (κ1) is 17.0. The van der Waals surface area contributed by atoms with Crippen LogP contribution in [0.25, 0.3) is 27.0 Å². The molecule has 4 aromatic rings. The van der Waals surface area contributed by atoms with Crippen LogP contribution in [-0.2, 0) is 11.3 Å². The molecule has 0 radical (unpaired) electrons. The van der Waals surface area contributed by atoms with E-state index in [-0.39, 0.29) is 12.1 Å². The Hall–Kier alpha value is -2.48. The molecule has 0 aliphatic rings. The minimum Gasteiger partial charge on any atom is -0.368 e. The molecule has 0 unspecified atom stereocenters. The van der Waals surface area contributed by atoms with Crippen molar-refractivity contribution in [3.8, 4) is 10.4 Å². The van der Waals surface area contributed by atoms with Gasteiger partial charge in [0.1, 0.15) is 12.2 Å². The van der Waals surface area contributed by atoms with Crippen molar-refractivity contribution in [3.05, 3.63) is 67.9 Å². The largest absolute Gasteiger partial charge is 0.368 e. The number of nitrogens with zero attached hydrogens (tertiary/aromatic N) is 2. The van der Waals surface area contributed by atoms with Crippen LogP contribution in [0.4, 0.5) is 0 Å². The van der Waals surface area contributed by atoms with E-state index in [1.165, 1.54) is 15.9 Å². The maximum Gasteiger partial charge on any atom is 0.262 e. The second kappa shape index (κ2) is 6.35. The molecule has 0 fully saturated rings. The van der Waals surface area contributed by atoms with Gasteiger partial charge in [-0.3, -0.25) is 18.6 Å². The normalized spacial score (nSPS) is 11.3. The summed E-state index contributed by atoms with van der Waals surface area (Å²) in [5.41, 5.74) is 7.25. The summed E-state index contributed by atoms with van der Waals surface area (Å²) in [5, 5.41) is 1.10. The summed E-state index contributed by atoms with van der Waals surface area (Å²) < 4.78 is 3.80. The molecule has 8 heteroatoms. The van der Waals surface area contributed by atoms with Crippen molar-refractivity contribution >= 4 is 57.6 Å². The van der Waals surface area contributed by atoms with E-state index in [1.807, 2.05) is 28.7 Å². The van der Waals surface area contributed by atoms with E-state index < -0.39 is 5.91 Å². The number of aromatic nitrogens is 2. The Morgan fingerprint density at radius 1 is 1.15 bits per heavy atom. The average Bonchev–Trinajstić information content (AvgIpc) is 2.96. The van der Waals surface area contributed by atoms with Gasteiger partial charge in [0.25, 0.3) is 5.56 Å². The Labute approximate surface area is 161 Å². The highest BCUT2D eigenvalue weighted by Crippen LogP contribution is 2.33. The Morgan fingerprint density at radius 3 is 2.54 bits per heavy atom. The lowest BCUT2D eigenvalue weighted by Gasteiger charge is -2.12. The van der Waals surface area contributed by atoms with Crippen LogP contribution in [0.5, 0.6) is 0 Å². The first-order chi connectivity index (χ1) is 12.5. The SMILES string of the molecule is NC(=O)Cn1c(=O)c2ccccc2n2c(=S)sc(-c3ccc(Cl)cc3)c12. The summed E-state index contributed by atoms with van der Waals surface area (Å²) >= 11 is 12.9. The number of hydrogen-bond donors (Lipinski definition) is 1. The molecule has 0 atom stereocenters. The van der Waals surface area contributed by atoms with Gasteiger partial charge in [0.05, 0.1) is 15.8 Å². The van der Waals surface area contributed by atoms with Crippen molar-refractivity contribution < 1.29 is 4.79 Å². The molecule has 2 aromatic carbocycles. The summed E-state index contributed by atoms with van der Waals surface area (Å²) in [5.74, 6) is -0.594. The predicted molar refractivity (Wildman–Crippen MR) is 108 cm³/mol. The first-order valence-corrected chi connectivity index (χ1v) is 9.29. The molecule has 130 valence electrons. The zero-order valence-corrected chi connectivity index (χ0v) is 15.7. The van der Waals surface area contributed by atoms with Gasteiger partial charge in [0.2, 0.25) is 5.91 Å². The van der Waals surface area contributed by atoms with Gasteiger partial charge in [0.15, 0.2) is 3.95 Å². The van der Waals surface area contributed by atoms with Gasteiger partial charge in [-0.2, -0.15) is 0 Å². The number of carbonyl (C=O) groups is 1. The number of rotatable bonds is 3. The smallest absolute Gasteiger partial charge is 0.262 e. The van der Waals surface area contributed by atoms with Gasteiger partial charge in [-0.05, 0) is 42.0 Å². The number of nitrogens with two attached hydrogens (primary N) is 1. The fraction of sp³-hybridized carbons (Fsp3) is 0.0556. The Balaban J connectivity index is 2.22. The maximum atomic E-state index is 13.0. The molecule has 2 N–H and O–H groups in total. The van der Waals surface area contributed by atoms with Gasteiger partial charge in [0, 0.05) is 5.02 Å². The van der Waals surface area contributed by atoms with Crippen LogP contribution >= 0.6 is 35.2 Å². The van der Waals surface area contributed by atoms with Crippen LogP contribution in [0.3, 0.4) is 0 Å². The second-order valence-corrected chi connectivity index (χ2v) is 7.82. The Bertz CT molecular complexity index is 1290. The standard InChI is InChI=1S/C18H12ClN3O2S2/c19-11-7-5-10(6-8-11)15-16-21(9-14(20)23)17(24)12-3-1-2-4-13(12)22(16)18(25)26-15/h1-8H,9H2,(H2,20,23). The van der Waals surface area contributed by atoms with Crippen LogP contribution in [0.1, 0.15) is 0 Å². The van der Waals surface area contributed by atoms with E-state index in [1.54, 1.807) is 24.3 Å². The molecule has 2 aromatic heterocycles. The van der Waals surface area contributed by atoms with Crippen LogP contribution in [-0.4, -0.2) is 14.9 Å². The third-order valence-corrected chi connectivity index (χ3v) is 5.75. The van der Waals surface area contributed by atoms with Crippen LogP contribution < -0.4 is 11.3 Å². The van der Waals surface area contributed by atoms with Crippen LogP contribution in [0, 0.1) is 3.95 Å². The van der Waals surface area contributed by atoms with Gasteiger partial charge < -0.3 is 5.73 Å². The number of primary amides is 1. The number of benzene rings is 2. The minimum absolute atomic E-state index is 0.223. The highest BCUT2D eigenvalue weighted by molar-refractivity contribution is 7.73. The topological polar surface area (TPSA) is 69.5 Å². The summed E-state index contributed by atoms with van der Waals surface area (Å²) in [4.78, 5) is 25.4. The molecule has 26 heavy (non-hydrogen) atoms. The second-order valence-electron chi connectivity index (χ2n) is 5.74. The average molecular weight is 402 g/mol. The van der Waals surface area contributed by atoms with E-state index in [2.05, 4.69) is 0 Å². The summed E-state index contributed by atoms with van der Waals surface area (Å²) in [6.07, 6.45) is 0. The molecule has 1 amide bonds. The molecule has 0 aliphatic carbocycles. The number of thiazole rings is 1. The van der Waals surface area contributed by atoms with Crippen molar-refractivity contribution in [3.63, 3.8) is 0 Å². The Morgan fingerprint density at radius 2 is 1.85 bits per heavy atom. The fourth-order valence-electron chi connectivity index (χ4n) is 3.01. The lowest BCUT2D eigenvalue weighted by Crippen LogP contribution is -2.29. The lowest BCUT2D eigenvalue weighted by atomic mass is 10.2. The van der Waals surface area contributed by atoms with Gasteiger partial charge in [-0.1, -0.05) is 35.9 Å². The van der Waals surface area contributed by atoms with E-state index in [4.69, 9.17) is 29.6 Å². The molecule has 5 nitrogen and oxygen atoms in total. The molecule has 0 saturated carbocycles. The maximum absolute atomic E-state index is 13.0. The quantitative estimate of drug-likeness (QED) is 0.530. The van der Waals surface area contributed by atoms with Crippen molar-refractivity contribution in [2.75, 3.05) is 0 Å². The van der Waals surface area contributed by atoms with E-state index in [9.17, 15) is 9.59 Å². The first-order valence-electron chi connectivity index (χ1n) is 7.68. The summed E-state index contributed by atoms with van der Waals surface area (Å²) in [7, 11) is 0. The third kappa shape index (κ3) is 2.65. The Kier molecular flexibility index (Phi) is 4.14. The van der Waals surface area contributed by atoms with Crippen molar-refractivity contribution in [2.24, 2.45) is 5.73 Å². The van der Waals surface area contributed by atoms with Crippen molar-refractivity contribution in [1.29, 1.82) is 0 Å². The molecule has 0 spiro atoms. The monoisotopic (exact) mass is 401 g/mol. The fourth-order valence-corrected chi connectivity index (χ4v) is 4.56. The van der Waals surface area contributed by atoms with E-state index >= 15 is 0 Å². The van der Waals surface area contributed by atoms with Crippen LogP contribution in [0.2, 0.25) is 5.02 Å². The molecular formula is C18H12ClN3O2S2. The number of amides is 1. The minimum atomic E-state index is -0.594. The molecule has 0 aliphatic heterocycles. The summed E-state index contributed by atoms with van der Waals surface area (Å²) in [6.45, 7) is -0.223.